The van der Waals surface area contributed by atoms with Gasteiger partial charge in [-0.1, -0.05) is 52.5 Å². The molecule has 2 rings (SSSR count). The molecule has 2 aromatic rings. The SMILES string of the molecule is CCCCCCCc1ccc(-c2ccc(OC(=O)C(C)CC)cc2)nc1. The van der Waals surface area contributed by atoms with Gasteiger partial charge < -0.3 is 4.74 Å². The van der Waals surface area contributed by atoms with E-state index >= 15 is 0 Å². The Labute approximate surface area is 157 Å². The van der Waals surface area contributed by atoms with Crippen LogP contribution in [0.25, 0.3) is 11.3 Å². The number of unbranched alkanes of at least 4 members (excludes halogenated alkanes) is 4. The summed E-state index contributed by atoms with van der Waals surface area (Å²) in [6.45, 7) is 6.10. The summed E-state index contributed by atoms with van der Waals surface area (Å²) in [6.07, 6.45) is 10.3. The van der Waals surface area contributed by atoms with E-state index in [1.165, 1.54) is 37.7 Å². The van der Waals surface area contributed by atoms with E-state index in [2.05, 4.69) is 24.0 Å². The highest BCUT2D eigenvalue weighted by Crippen LogP contribution is 2.22. The molecule has 1 atom stereocenters. The number of pyridine rings is 1. The van der Waals surface area contributed by atoms with Gasteiger partial charge in [-0.3, -0.25) is 9.78 Å². The first-order valence-electron chi connectivity index (χ1n) is 9.91. The Hall–Kier alpha value is -2.16. The Morgan fingerprint density at radius 3 is 2.35 bits per heavy atom. The van der Waals surface area contributed by atoms with Crippen LogP contribution in [0.1, 0.15) is 64.9 Å². The predicted octanol–water partition coefficient (Wildman–Crippen LogP) is 6.21. The Morgan fingerprint density at radius 2 is 1.73 bits per heavy atom. The van der Waals surface area contributed by atoms with Crippen molar-refractivity contribution in [1.82, 2.24) is 4.98 Å². The summed E-state index contributed by atoms with van der Waals surface area (Å²) in [6, 6.07) is 11.8. The lowest BCUT2D eigenvalue weighted by atomic mass is 10.1. The molecule has 3 heteroatoms. The van der Waals surface area contributed by atoms with Gasteiger partial charge in [-0.15, -0.1) is 0 Å². The van der Waals surface area contributed by atoms with Gasteiger partial charge in [0, 0.05) is 11.8 Å². The van der Waals surface area contributed by atoms with E-state index in [1.807, 2.05) is 44.3 Å². The van der Waals surface area contributed by atoms with E-state index in [-0.39, 0.29) is 11.9 Å². The molecule has 26 heavy (non-hydrogen) atoms. The van der Waals surface area contributed by atoms with E-state index in [9.17, 15) is 4.79 Å². The zero-order valence-corrected chi connectivity index (χ0v) is 16.3. The molecule has 0 radical (unpaired) electrons. The molecule has 0 aliphatic rings. The number of benzene rings is 1. The van der Waals surface area contributed by atoms with Gasteiger partial charge in [-0.2, -0.15) is 0 Å². The topological polar surface area (TPSA) is 39.2 Å². The van der Waals surface area contributed by atoms with E-state index in [0.29, 0.717) is 5.75 Å². The van der Waals surface area contributed by atoms with Crippen LogP contribution in [0.4, 0.5) is 0 Å². The van der Waals surface area contributed by atoms with Crippen molar-refractivity contribution in [1.29, 1.82) is 0 Å². The zero-order valence-electron chi connectivity index (χ0n) is 16.3. The first-order chi connectivity index (χ1) is 12.6. The molecule has 0 aliphatic heterocycles. The Balaban J connectivity index is 1.89. The quantitative estimate of drug-likeness (QED) is 0.289. The second-order valence-electron chi connectivity index (χ2n) is 6.97. The molecule has 140 valence electrons. The number of esters is 1. The maximum Gasteiger partial charge on any atom is 0.314 e. The van der Waals surface area contributed by atoms with E-state index < -0.39 is 0 Å². The molecule has 0 N–H and O–H groups in total. The van der Waals surface area contributed by atoms with Gasteiger partial charge >= 0.3 is 5.97 Å². The minimum atomic E-state index is -0.179. The zero-order chi connectivity index (χ0) is 18.8. The van der Waals surface area contributed by atoms with Gasteiger partial charge in [0.2, 0.25) is 0 Å². The Morgan fingerprint density at radius 1 is 1.00 bits per heavy atom. The summed E-state index contributed by atoms with van der Waals surface area (Å²) >= 11 is 0. The molecule has 0 saturated carbocycles. The summed E-state index contributed by atoms with van der Waals surface area (Å²) in [5, 5.41) is 0. The molecule has 1 aromatic heterocycles. The Bertz CT molecular complexity index is 662. The lowest BCUT2D eigenvalue weighted by Crippen LogP contribution is -2.16. The first-order valence-corrected chi connectivity index (χ1v) is 9.91. The lowest BCUT2D eigenvalue weighted by molar-refractivity contribution is -0.138. The molecule has 1 heterocycles. The van der Waals surface area contributed by atoms with Crippen molar-refractivity contribution in [2.45, 2.75) is 65.7 Å². The van der Waals surface area contributed by atoms with Crippen molar-refractivity contribution in [3.05, 3.63) is 48.2 Å². The average Bonchev–Trinajstić information content (AvgIpc) is 2.68. The van der Waals surface area contributed by atoms with Crippen LogP contribution in [0.3, 0.4) is 0 Å². The predicted molar refractivity (Wildman–Crippen MR) is 107 cm³/mol. The molecule has 0 aliphatic carbocycles. The highest BCUT2D eigenvalue weighted by Gasteiger charge is 2.13. The monoisotopic (exact) mass is 353 g/mol. The normalized spacial score (nSPS) is 12.0. The highest BCUT2D eigenvalue weighted by atomic mass is 16.5. The lowest BCUT2D eigenvalue weighted by Gasteiger charge is -2.09. The molecule has 0 spiro atoms. The molecule has 1 aromatic carbocycles. The second kappa shape index (κ2) is 10.7. The number of hydrogen-bond donors (Lipinski definition) is 0. The van der Waals surface area contributed by atoms with Gasteiger partial charge in [0.25, 0.3) is 0 Å². The van der Waals surface area contributed by atoms with E-state index in [1.54, 1.807) is 0 Å². The molecule has 0 fully saturated rings. The molecule has 0 amide bonds. The van der Waals surface area contributed by atoms with Crippen molar-refractivity contribution < 1.29 is 9.53 Å². The Kier molecular flexibility index (Phi) is 8.33. The minimum Gasteiger partial charge on any atom is -0.426 e. The van der Waals surface area contributed by atoms with Gasteiger partial charge in [0.05, 0.1) is 11.6 Å². The van der Waals surface area contributed by atoms with Gasteiger partial charge in [0.15, 0.2) is 0 Å². The summed E-state index contributed by atoms with van der Waals surface area (Å²) in [5.41, 5.74) is 3.27. The fourth-order valence-corrected chi connectivity index (χ4v) is 2.75. The maximum atomic E-state index is 11.8. The molecule has 1 unspecified atom stereocenters. The van der Waals surface area contributed by atoms with Crippen molar-refractivity contribution in [2.75, 3.05) is 0 Å². The largest absolute Gasteiger partial charge is 0.426 e. The average molecular weight is 354 g/mol. The molecule has 0 bridgehead atoms. The number of aryl methyl sites for hydroxylation is 1. The maximum absolute atomic E-state index is 11.8. The highest BCUT2D eigenvalue weighted by molar-refractivity contribution is 5.75. The fraction of sp³-hybridized carbons (Fsp3) is 0.478. The van der Waals surface area contributed by atoms with Gasteiger partial charge in [-0.25, -0.2) is 0 Å². The van der Waals surface area contributed by atoms with E-state index in [0.717, 1.165) is 24.1 Å². The van der Waals surface area contributed by atoms with Crippen LogP contribution in [0.15, 0.2) is 42.6 Å². The number of nitrogens with zero attached hydrogens (tertiary/aromatic N) is 1. The standard InChI is InChI=1S/C23H31NO2/c1-4-6-7-8-9-10-19-11-16-22(24-17-19)20-12-14-21(15-13-20)26-23(25)18(3)5-2/h11-18H,4-10H2,1-3H3. The van der Waals surface area contributed by atoms with Crippen LogP contribution >= 0.6 is 0 Å². The summed E-state index contributed by atoms with van der Waals surface area (Å²) in [7, 11) is 0. The molecular weight excluding hydrogens is 322 g/mol. The van der Waals surface area contributed by atoms with E-state index in [4.69, 9.17) is 4.74 Å². The molecule has 3 nitrogen and oxygen atoms in total. The molecule has 0 saturated heterocycles. The van der Waals surface area contributed by atoms with Crippen LogP contribution in [-0.4, -0.2) is 11.0 Å². The van der Waals surface area contributed by atoms with Crippen molar-refractivity contribution >= 4 is 5.97 Å². The van der Waals surface area contributed by atoms with Crippen LogP contribution in [0, 0.1) is 5.92 Å². The number of carbonyl (C=O) groups is 1. The summed E-state index contributed by atoms with van der Waals surface area (Å²) in [4.78, 5) is 16.4. The van der Waals surface area contributed by atoms with Crippen molar-refractivity contribution in [3.63, 3.8) is 0 Å². The third-order valence-electron chi connectivity index (χ3n) is 4.78. The number of ether oxygens (including phenoxy) is 1. The third-order valence-corrected chi connectivity index (χ3v) is 4.78. The molecular formula is C23H31NO2. The third kappa shape index (κ3) is 6.29. The number of aromatic nitrogens is 1. The minimum absolute atomic E-state index is 0.0779. The van der Waals surface area contributed by atoms with Crippen LogP contribution < -0.4 is 4.74 Å². The van der Waals surface area contributed by atoms with Gasteiger partial charge in [0.1, 0.15) is 5.75 Å². The van der Waals surface area contributed by atoms with Crippen molar-refractivity contribution in [2.24, 2.45) is 5.92 Å². The van der Waals surface area contributed by atoms with Crippen LogP contribution in [0.5, 0.6) is 5.75 Å². The number of carbonyl (C=O) groups excluding carboxylic acids is 1. The first kappa shape index (κ1) is 20.2. The van der Waals surface area contributed by atoms with Gasteiger partial charge in [-0.05, 0) is 55.2 Å². The number of hydrogen-bond acceptors (Lipinski definition) is 3. The second-order valence-corrected chi connectivity index (χ2v) is 6.97. The fourth-order valence-electron chi connectivity index (χ4n) is 2.75. The number of rotatable bonds is 10. The van der Waals surface area contributed by atoms with Crippen molar-refractivity contribution in [3.8, 4) is 17.0 Å². The smallest absolute Gasteiger partial charge is 0.314 e. The van der Waals surface area contributed by atoms with Crippen LogP contribution in [0.2, 0.25) is 0 Å². The van der Waals surface area contributed by atoms with Crippen LogP contribution in [-0.2, 0) is 11.2 Å². The summed E-state index contributed by atoms with van der Waals surface area (Å²) in [5.74, 6) is 0.329. The summed E-state index contributed by atoms with van der Waals surface area (Å²) < 4.78 is 5.39.